The van der Waals surface area contributed by atoms with Crippen LogP contribution in [0.4, 0.5) is 13.2 Å². The molecule has 0 spiro atoms. The zero-order chi connectivity index (χ0) is 16.2. The fourth-order valence-corrected chi connectivity index (χ4v) is 2.30. The number of hydrogen-bond acceptors (Lipinski definition) is 4. The van der Waals surface area contributed by atoms with Gasteiger partial charge in [-0.2, -0.15) is 13.2 Å². The number of aromatic nitrogens is 1. The third kappa shape index (κ3) is 4.59. The number of rotatable bonds is 4. The molecular formula is C14H18F3N3O2. The summed E-state index contributed by atoms with van der Waals surface area (Å²) < 4.78 is 40.6. The minimum atomic E-state index is -4.41. The fraction of sp³-hybridized carbons (Fsp3) is 0.571. The number of pyridine rings is 1. The Morgan fingerprint density at radius 1 is 1.41 bits per heavy atom. The third-order valence-electron chi connectivity index (χ3n) is 3.56. The number of halogens is 3. The number of alkyl halides is 3. The smallest absolute Gasteiger partial charge is 0.422 e. The van der Waals surface area contributed by atoms with Crippen molar-refractivity contribution in [1.82, 2.24) is 15.2 Å². The van der Waals surface area contributed by atoms with Crippen molar-refractivity contribution in [2.45, 2.75) is 25.1 Å². The van der Waals surface area contributed by atoms with Gasteiger partial charge >= 0.3 is 6.18 Å². The van der Waals surface area contributed by atoms with Gasteiger partial charge in [-0.3, -0.25) is 4.79 Å². The Labute approximate surface area is 126 Å². The van der Waals surface area contributed by atoms with E-state index in [0.717, 1.165) is 12.8 Å². The molecule has 1 aliphatic rings. The summed E-state index contributed by atoms with van der Waals surface area (Å²) in [5, 5.41) is 3.18. The number of hydrogen-bond donors (Lipinski definition) is 1. The highest BCUT2D eigenvalue weighted by molar-refractivity contribution is 5.94. The van der Waals surface area contributed by atoms with E-state index >= 15 is 0 Å². The van der Waals surface area contributed by atoms with Crippen LogP contribution in [0, 0.1) is 0 Å². The number of nitrogens with zero attached hydrogens (tertiary/aromatic N) is 2. The van der Waals surface area contributed by atoms with Crippen LogP contribution >= 0.6 is 0 Å². The molecule has 0 atom stereocenters. The molecule has 5 nitrogen and oxygen atoms in total. The van der Waals surface area contributed by atoms with Crippen LogP contribution in [-0.2, 0) is 0 Å². The molecule has 8 heteroatoms. The Balaban J connectivity index is 1.91. The number of ether oxygens (including phenoxy) is 1. The Hall–Kier alpha value is -1.83. The number of nitrogens with one attached hydrogen (secondary N) is 1. The molecule has 1 aliphatic heterocycles. The first-order valence-electron chi connectivity index (χ1n) is 7.01. The third-order valence-corrected chi connectivity index (χ3v) is 3.56. The number of carbonyl (C=O) groups excluding carboxylic acids is 1. The second-order valence-electron chi connectivity index (χ2n) is 5.14. The predicted octanol–water partition coefficient (Wildman–Crippen LogP) is 1.85. The van der Waals surface area contributed by atoms with Crippen molar-refractivity contribution < 1.29 is 22.7 Å². The van der Waals surface area contributed by atoms with Crippen molar-refractivity contribution in [3.63, 3.8) is 0 Å². The predicted molar refractivity (Wildman–Crippen MR) is 73.8 cm³/mol. The van der Waals surface area contributed by atoms with Gasteiger partial charge in [-0.15, -0.1) is 0 Å². The lowest BCUT2D eigenvalue weighted by Gasteiger charge is -2.31. The molecule has 22 heavy (non-hydrogen) atoms. The number of likely N-dealkylation sites (tertiary alicyclic amines) is 1. The van der Waals surface area contributed by atoms with Crippen molar-refractivity contribution in [3.8, 4) is 5.88 Å². The molecule has 0 saturated carbocycles. The quantitative estimate of drug-likeness (QED) is 0.921. The van der Waals surface area contributed by atoms with Crippen molar-refractivity contribution in [2.75, 3.05) is 26.7 Å². The molecule has 0 aliphatic carbocycles. The maximum Gasteiger partial charge on any atom is 0.422 e. The van der Waals surface area contributed by atoms with Crippen LogP contribution in [0.1, 0.15) is 23.2 Å². The molecular weight excluding hydrogens is 299 g/mol. The van der Waals surface area contributed by atoms with E-state index in [1.807, 2.05) is 7.05 Å². The van der Waals surface area contributed by atoms with Gasteiger partial charge in [-0.05, 0) is 26.0 Å². The highest BCUT2D eigenvalue weighted by atomic mass is 19.4. The van der Waals surface area contributed by atoms with Crippen molar-refractivity contribution in [2.24, 2.45) is 0 Å². The molecule has 1 saturated heterocycles. The molecule has 1 amide bonds. The van der Waals surface area contributed by atoms with Crippen molar-refractivity contribution in [1.29, 1.82) is 0 Å². The first kappa shape index (κ1) is 16.5. The minimum Gasteiger partial charge on any atom is -0.468 e. The average Bonchev–Trinajstić information content (AvgIpc) is 2.52. The molecule has 0 aromatic carbocycles. The average molecular weight is 317 g/mol. The van der Waals surface area contributed by atoms with Gasteiger partial charge in [0.25, 0.3) is 5.91 Å². The minimum absolute atomic E-state index is 0.150. The van der Waals surface area contributed by atoms with E-state index in [2.05, 4.69) is 15.0 Å². The van der Waals surface area contributed by atoms with Crippen molar-refractivity contribution in [3.05, 3.63) is 23.9 Å². The van der Waals surface area contributed by atoms with Crippen LogP contribution in [-0.4, -0.2) is 54.8 Å². The molecule has 1 aromatic rings. The second kappa shape index (κ2) is 6.95. The Bertz CT molecular complexity index is 497. The number of amides is 1. The van der Waals surface area contributed by atoms with Gasteiger partial charge in [0.15, 0.2) is 6.61 Å². The first-order valence-corrected chi connectivity index (χ1v) is 7.01. The van der Waals surface area contributed by atoms with Crippen LogP contribution in [0.5, 0.6) is 5.88 Å². The van der Waals surface area contributed by atoms with E-state index in [0.29, 0.717) is 24.7 Å². The molecule has 1 fully saturated rings. The van der Waals surface area contributed by atoms with Crippen molar-refractivity contribution >= 4 is 5.91 Å². The Kier molecular flexibility index (Phi) is 5.23. The summed E-state index contributed by atoms with van der Waals surface area (Å²) in [6.07, 6.45) is -1.41. The van der Waals surface area contributed by atoms with Gasteiger partial charge in [0.2, 0.25) is 5.88 Å². The lowest BCUT2D eigenvalue weighted by atomic mass is 10.0. The number of carbonyl (C=O) groups is 1. The van der Waals surface area contributed by atoms with Crippen LogP contribution in [0.25, 0.3) is 0 Å². The summed E-state index contributed by atoms with van der Waals surface area (Å²) in [6, 6.07) is 3.13. The van der Waals surface area contributed by atoms with Gasteiger partial charge in [0, 0.05) is 31.4 Å². The van der Waals surface area contributed by atoms with Gasteiger partial charge in [-0.25, -0.2) is 4.98 Å². The molecule has 0 unspecified atom stereocenters. The number of piperidine rings is 1. The van der Waals surface area contributed by atoms with E-state index < -0.39 is 12.8 Å². The highest BCUT2D eigenvalue weighted by Gasteiger charge is 2.28. The van der Waals surface area contributed by atoms with Gasteiger partial charge in [-0.1, -0.05) is 0 Å². The SMILES string of the molecule is CNC1CCN(C(=O)c2ccc(OCC(F)(F)F)nc2)CC1. The molecule has 0 bridgehead atoms. The fourth-order valence-electron chi connectivity index (χ4n) is 2.30. The largest absolute Gasteiger partial charge is 0.468 e. The zero-order valence-electron chi connectivity index (χ0n) is 12.2. The van der Waals surface area contributed by atoms with E-state index in [4.69, 9.17) is 0 Å². The second-order valence-corrected chi connectivity index (χ2v) is 5.14. The summed E-state index contributed by atoms with van der Waals surface area (Å²) in [6.45, 7) is -0.0991. The molecule has 122 valence electrons. The molecule has 2 heterocycles. The van der Waals surface area contributed by atoms with E-state index in [1.54, 1.807) is 4.90 Å². The van der Waals surface area contributed by atoms with E-state index in [9.17, 15) is 18.0 Å². The lowest BCUT2D eigenvalue weighted by molar-refractivity contribution is -0.154. The van der Waals surface area contributed by atoms with E-state index in [-0.39, 0.29) is 11.8 Å². The molecule has 2 rings (SSSR count). The van der Waals surface area contributed by atoms with Gasteiger partial charge < -0.3 is 15.0 Å². The highest BCUT2D eigenvalue weighted by Crippen LogP contribution is 2.18. The van der Waals surface area contributed by atoms with E-state index in [1.165, 1.54) is 18.3 Å². The van der Waals surface area contributed by atoms with Gasteiger partial charge in [0.05, 0.1) is 5.56 Å². The maximum absolute atomic E-state index is 12.3. The van der Waals surface area contributed by atoms with Crippen LogP contribution in [0.15, 0.2) is 18.3 Å². The monoisotopic (exact) mass is 317 g/mol. The summed E-state index contributed by atoms with van der Waals surface area (Å²) in [7, 11) is 1.89. The van der Waals surface area contributed by atoms with Crippen LogP contribution < -0.4 is 10.1 Å². The summed E-state index contributed by atoms with van der Waals surface area (Å²) in [4.78, 5) is 17.7. The van der Waals surface area contributed by atoms with Crippen LogP contribution in [0.2, 0.25) is 0 Å². The first-order chi connectivity index (χ1) is 10.4. The molecule has 1 aromatic heterocycles. The normalized spacial score (nSPS) is 16.6. The Morgan fingerprint density at radius 3 is 2.59 bits per heavy atom. The zero-order valence-corrected chi connectivity index (χ0v) is 12.2. The molecule has 1 N–H and O–H groups in total. The Morgan fingerprint density at radius 2 is 2.09 bits per heavy atom. The van der Waals surface area contributed by atoms with Crippen LogP contribution in [0.3, 0.4) is 0 Å². The topological polar surface area (TPSA) is 54.5 Å². The summed E-state index contributed by atoms with van der Waals surface area (Å²) >= 11 is 0. The summed E-state index contributed by atoms with van der Waals surface area (Å²) in [5.41, 5.74) is 0.349. The lowest BCUT2D eigenvalue weighted by Crippen LogP contribution is -2.43. The standard InChI is InChI=1S/C14H18F3N3O2/c1-18-11-4-6-20(7-5-11)13(21)10-2-3-12(19-8-10)22-9-14(15,16)17/h2-3,8,11,18H,4-7,9H2,1H3. The van der Waals surface area contributed by atoms with Gasteiger partial charge in [0.1, 0.15) is 0 Å². The summed E-state index contributed by atoms with van der Waals surface area (Å²) in [5.74, 6) is -0.313. The maximum atomic E-state index is 12.3. The molecule has 0 radical (unpaired) electrons.